The average Bonchev–Trinajstić information content (AvgIpc) is 2.33. The van der Waals surface area contributed by atoms with E-state index in [-0.39, 0.29) is 17.2 Å². The van der Waals surface area contributed by atoms with Crippen molar-refractivity contribution in [3.8, 4) is 0 Å². The van der Waals surface area contributed by atoms with Crippen LogP contribution in [0, 0.1) is 5.82 Å². The first-order valence-corrected chi connectivity index (χ1v) is 5.77. The van der Waals surface area contributed by atoms with E-state index in [0.717, 1.165) is 0 Å². The molecule has 4 nitrogen and oxygen atoms in total. The zero-order valence-electron chi connectivity index (χ0n) is 9.02. The number of carboxylic acids is 1. The number of aromatic carboxylic acids is 1. The van der Waals surface area contributed by atoms with Crippen molar-refractivity contribution >= 4 is 33.4 Å². The van der Waals surface area contributed by atoms with Crippen LogP contribution in [-0.4, -0.2) is 16.1 Å². The number of nitrogens with one attached hydrogen (secondary N) is 1. The van der Waals surface area contributed by atoms with Gasteiger partial charge in [0, 0.05) is 10.7 Å². The minimum absolute atomic E-state index is 0.0497. The van der Waals surface area contributed by atoms with Crippen molar-refractivity contribution in [3.63, 3.8) is 0 Å². The van der Waals surface area contributed by atoms with Crippen molar-refractivity contribution in [1.82, 2.24) is 4.98 Å². The molecule has 18 heavy (non-hydrogen) atoms. The highest BCUT2D eigenvalue weighted by atomic mass is 79.9. The summed E-state index contributed by atoms with van der Waals surface area (Å²) >= 11 is 3.19. The number of rotatable bonds is 3. The second-order valence-corrected chi connectivity index (χ2v) is 4.31. The smallest absolute Gasteiger partial charge is 0.339 e. The Kier molecular flexibility index (Phi) is 3.57. The summed E-state index contributed by atoms with van der Waals surface area (Å²) in [6, 6.07) is 7.03. The summed E-state index contributed by atoms with van der Waals surface area (Å²) in [5.41, 5.74) is 0.589. The average molecular weight is 311 g/mol. The van der Waals surface area contributed by atoms with Crippen LogP contribution in [0.1, 0.15) is 10.4 Å². The molecule has 92 valence electrons. The molecule has 2 aromatic rings. The van der Waals surface area contributed by atoms with Crippen LogP contribution in [0.2, 0.25) is 0 Å². The number of benzene rings is 1. The van der Waals surface area contributed by atoms with Crippen LogP contribution >= 0.6 is 15.9 Å². The third-order valence-corrected chi connectivity index (χ3v) is 2.88. The lowest BCUT2D eigenvalue weighted by Crippen LogP contribution is -2.04. The summed E-state index contributed by atoms with van der Waals surface area (Å²) < 4.78 is 13.4. The highest BCUT2D eigenvalue weighted by Gasteiger charge is 2.11. The fourth-order valence-corrected chi connectivity index (χ4v) is 1.85. The first-order chi connectivity index (χ1) is 8.58. The highest BCUT2D eigenvalue weighted by Crippen LogP contribution is 2.27. The Labute approximate surface area is 111 Å². The molecule has 6 heteroatoms. The molecule has 0 saturated heterocycles. The van der Waals surface area contributed by atoms with Crippen molar-refractivity contribution in [2.75, 3.05) is 5.32 Å². The molecule has 0 amide bonds. The minimum Gasteiger partial charge on any atom is -0.478 e. The minimum atomic E-state index is -1.08. The fourth-order valence-electron chi connectivity index (χ4n) is 1.40. The molecule has 0 bridgehead atoms. The summed E-state index contributed by atoms with van der Waals surface area (Å²) in [5, 5.41) is 11.8. The van der Waals surface area contributed by atoms with E-state index in [0.29, 0.717) is 10.2 Å². The fraction of sp³-hybridized carbons (Fsp3) is 0. The molecule has 2 rings (SSSR count). The number of hydrogen-bond acceptors (Lipinski definition) is 3. The van der Waals surface area contributed by atoms with Gasteiger partial charge in [0.2, 0.25) is 0 Å². The molecule has 2 N–H and O–H groups in total. The van der Waals surface area contributed by atoms with Gasteiger partial charge < -0.3 is 10.4 Å². The second-order valence-electron chi connectivity index (χ2n) is 3.45. The van der Waals surface area contributed by atoms with Crippen LogP contribution in [-0.2, 0) is 0 Å². The van der Waals surface area contributed by atoms with Crippen LogP contribution in [0.5, 0.6) is 0 Å². The predicted octanol–water partition coefficient (Wildman–Crippen LogP) is 3.43. The molecule has 0 aliphatic rings. The quantitative estimate of drug-likeness (QED) is 0.911. The van der Waals surface area contributed by atoms with Crippen LogP contribution in [0.4, 0.5) is 15.9 Å². The van der Waals surface area contributed by atoms with Crippen LogP contribution in [0.25, 0.3) is 0 Å². The molecule has 0 fully saturated rings. The lowest BCUT2D eigenvalue weighted by molar-refractivity contribution is 0.0697. The Balaban J connectivity index is 2.37. The van der Waals surface area contributed by atoms with Gasteiger partial charge in [0.25, 0.3) is 0 Å². The molecular weight excluding hydrogens is 303 g/mol. The first-order valence-electron chi connectivity index (χ1n) is 4.98. The normalized spacial score (nSPS) is 10.1. The summed E-state index contributed by atoms with van der Waals surface area (Å²) in [6.45, 7) is 0. The molecule has 0 aliphatic carbocycles. The Morgan fingerprint density at radius 3 is 2.83 bits per heavy atom. The largest absolute Gasteiger partial charge is 0.478 e. The van der Waals surface area contributed by atoms with Gasteiger partial charge in [0.15, 0.2) is 0 Å². The SMILES string of the molecule is O=C(O)c1cccnc1Nc1ccc(F)cc1Br. The maximum Gasteiger partial charge on any atom is 0.339 e. The molecule has 1 heterocycles. The lowest BCUT2D eigenvalue weighted by Gasteiger charge is -2.09. The Morgan fingerprint density at radius 2 is 2.17 bits per heavy atom. The lowest BCUT2D eigenvalue weighted by atomic mass is 10.2. The number of aromatic nitrogens is 1. The predicted molar refractivity (Wildman–Crippen MR) is 68.6 cm³/mol. The summed E-state index contributed by atoms with van der Waals surface area (Å²) in [7, 11) is 0. The maximum atomic E-state index is 12.9. The number of anilines is 2. The van der Waals surface area contributed by atoms with Gasteiger partial charge in [0.1, 0.15) is 17.2 Å². The van der Waals surface area contributed by atoms with E-state index in [1.807, 2.05) is 0 Å². The number of pyridine rings is 1. The van der Waals surface area contributed by atoms with Crippen molar-refractivity contribution in [1.29, 1.82) is 0 Å². The first kappa shape index (κ1) is 12.5. The van der Waals surface area contributed by atoms with E-state index in [1.165, 1.54) is 36.5 Å². The van der Waals surface area contributed by atoms with E-state index in [2.05, 4.69) is 26.2 Å². The zero-order valence-corrected chi connectivity index (χ0v) is 10.6. The standard InChI is InChI=1S/C12H8BrFN2O2/c13-9-6-7(14)3-4-10(9)16-11-8(12(17)18)2-1-5-15-11/h1-6H,(H,15,16)(H,17,18). The Bertz CT molecular complexity index is 604. The number of hydrogen-bond donors (Lipinski definition) is 2. The summed E-state index contributed by atoms with van der Waals surface area (Å²) in [6.07, 6.45) is 1.48. The topological polar surface area (TPSA) is 62.2 Å². The van der Waals surface area contributed by atoms with Crippen molar-refractivity contribution in [2.24, 2.45) is 0 Å². The van der Waals surface area contributed by atoms with Gasteiger partial charge in [-0.05, 0) is 46.3 Å². The third kappa shape index (κ3) is 2.65. The van der Waals surface area contributed by atoms with E-state index in [1.54, 1.807) is 0 Å². The Hall–Kier alpha value is -1.95. The van der Waals surface area contributed by atoms with Gasteiger partial charge >= 0.3 is 5.97 Å². The van der Waals surface area contributed by atoms with Crippen molar-refractivity contribution < 1.29 is 14.3 Å². The molecule has 0 atom stereocenters. The van der Waals surface area contributed by atoms with Gasteiger partial charge in [-0.25, -0.2) is 14.2 Å². The number of nitrogens with zero attached hydrogens (tertiary/aromatic N) is 1. The van der Waals surface area contributed by atoms with Crippen LogP contribution in [0.15, 0.2) is 41.0 Å². The molecule has 1 aromatic heterocycles. The van der Waals surface area contributed by atoms with Crippen molar-refractivity contribution in [3.05, 3.63) is 52.4 Å². The maximum absolute atomic E-state index is 12.9. The number of carboxylic acid groups (broad SMARTS) is 1. The molecular formula is C12H8BrFN2O2. The van der Waals surface area contributed by atoms with E-state index in [4.69, 9.17) is 5.11 Å². The van der Waals surface area contributed by atoms with Crippen LogP contribution < -0.4 is 5.32 Å². The van der Waals surface area contributed by atoms with Gasteiger partial charge in [-0.3, -0.25) is 0 Å². The highest BCUT2D eigenvalue weighted by molar-refractivity contribution is 9.10. The van der Waals surface area contributed by atoms with E-state index >= 15 is 0 Å². The van der Waals surface area contributed by atoms with Gasteiger partial charge in [-0.2, -0.15) is 0 Å². The molecule has 0 aliphatic heterocycles. The van der Waals surface area contributed by atoms with E-state index in [9.17, 15) is 9.18 Å². The van der Waals surface area contributed by atoms with Gasteiger partial charge in [0.05, 0.1) is 5.69 Å². The van der Waals surface area contributed by atoms with Gasteiger partial charge in [-0.15, -0.1) is 0 Å². The second kappa shape index (κ2) is 5.14. The Morgan fingerprint density at radius 1 is 1.39 bits per heavy atom. The summed E-state index contributed by atoms with van der Waals surface area (Å²) in [5.74, 6) is -1.26. The molecule has 0 spiro atoms. The monoisotopic (exact) mass is 310 g/mol. The van der Waals surface area contributed by atoms with Crippen molar-refractivity contribution in [2.45, 2.75) is 0 Å². The van der Waals surface area contributed by atoms with Gasteiger partial charge in [-0.1, -0.05) is 0 Å². The number of halogens is 2. The molecule has 0 unspecified atom stereocenters. The zero-order chi connectivity index (χ0) is 13.1. The van der Waals surface area contributed by atoms with Crippen LogP contribution in [0.3, 0.4) is 0 Å². The summed E-state index contributed by atoms with van der Waals surface area (Å²) in [4.78, 5) is 15.0. The molecule has 1 aromatic carbocycles. The molecule has 0 radical (unpaired) electrons. The molecule has 0 saturated carbocycles. The van der Waals surface area contributed by atoms with E-state index < -0.39 is 5.97 Å². The third-order valence-electron chi connectivity index (χ3n) is 2.22. The number of carbonyl (C=O) groups is 1.